The van der Waals surface area contributed by atoms with Crippen LogP contribution in [0.5, 0.6) is 0 Å². The van der Waals surface area contributed by atoms with Crippen molar-refractivity contribution < 1.29 is 0 Å². The second kappa shape index (κ2) is 5.72. The Morgan fingerprint density at radius 2 is 2.00 bits per heavy atom. The molecule has 0 aliphatic carbocycles. The van der Waals surface area contributed by atoms with Gasteiger partial charge in [0.2, 0.25) is 0 Å². The fraction of sp³-hybridized carbons (Fsp3) is 0.214. The zero-order chi connectivity index (χ0) is 13.1. The third-order valence-corrected chi connectivity index (χ3v) is 3.50. The molecule has 0 radical (unpaired) electrons. The van der Waals surface area contributed by atoms with Crippen molar-refractivity contribution in [3.05, 3.63) is 56.8 Å². The molecule has 4 heteroatoms. The van der Waals surface area contributed by atoms with Crippen LogP contribution < -0.4 is 5.32 Å². The van der Waals surface area contributed by atoms with Crippen molar-refractivity contribution in [1.29, 1.82) is 0 Å². The largest absolute Gasteiger partial charge is 0.379 e. The lowest BCUT2D eigenvalue weighted by atomic mass is 10.1. The first-order valence-corrected chi connectivity index (χ1v) is 6.85. The highest BCUT2D eigenvalue weighted by Crippen LogP contribution is 2.19. The van der Waals surface area contributed by atoms with Crippen LogP contribution in [-0.2, 0) is 6.54 Å². The van der Waals surface area contributed by atoms with Crippen LogP contribution >= 0.6 is 27.5 Å². The normalized spacial score (nSPS) is 10.4. The minimum absolute atomic E-state index is 0.771. The van der Waals surface area contributed by atoms with Crippen LogP contribution in [-0.4, -0.2) is 4.98 Å². The van der Waals surface area contributed by atoms with Crippen molar-refractivity contribution in [2.45, 2.75) is 20.4 Å². The molecule has 0 atom stereocenters. The highest BCUT2D eigenvalue weighted by atomic mass is 79.9. The van der Waals surface area contributed by atoms with Crippen molar-refractivity contribution in [2.24, 2.45) is 0 Å². The minimum atomic E-state index is 0.771. The van der Waals surface area contributed by atoms with Gasteiger partial charge in [0.25, 0.3) is 0 Å². The summed E-state index contributed by atoms with van der Waals surface area (Å²) >= 11 is 9.30. The highest BCUT2D eigenvalue weighted by Gasteiger charge is 2.02. The Kier molecular flexibility index (Phi) is 4.25. The lowest BCUT2D eigenvalue weighted by molar-refractivity contribution is 1.08. The number of aromatic nitrogens is 1. The highest BCUT2D eigenvalue weighted by molar-refractivity contribution is 9.10. The molecule has 0 saturated heterocycles. The molecule has 0 amide bonds. The molecule has 0 saturated carbocycles. The number of halogens is 2. The predicted octanol–water partition coefficient (Wildman–Crippen LogP) is 4.73. The van der Waals surface area contributed by atoms with Gasteiger partial charge in [-0.15, -0.1) is 0 Å². The molecular weight excluding hydrogens is 312 g/mol. The molecule has 0 aliphatic rings. The first kappa shape index (κ1) is 13.4. The molecule has 1 N–H and O–H groups in total. The van der Waals surface area contributed by atoms with Gasteiger partial charge in [-0.3, -0.25) is 0 Å². The van der Waals surface area contributed by atoms with Gasteiger partial charge in [-0.2, -0.15) is 0 Å². The first-order chi connectivity index (χ1) is 8.56. The van der Waals surface area contributed by atoms with E-state index in [1.54, 1.807) is 0 Å². The van der Waals surface area contributed by atoms with Crippen LogP contribution in [0.3, 0.4) is 0 Å². The van der Waals surface area contributed by atoms with Gasteiger partial charge in [0.05, 0.1) is 11.4 Å². The van der Waals surface area contributed by atoms with Crippen molar-refractivity contribution in [2.75, 3.05) is 5.32 Å². The maximum atomic E-state index is 5.94. The quantitative estimate of drug-likeness (QED) is 0.825. The van der Waals surface area contributed by atoms with E-state index in [0.717, 1.165) is 27.6 Å². The average Bonchev–Trinajstić information content (AvgIpc) is 2.30. The van der Waals surface area contributed by atoms with Gasteiger partial charge in [-0.25, -0.2) is 4.98 Å². The number of benzene rings is 1. The fourth-order valence-electron chi connectivity index (χ4n) is 1.77. The van der Waals surface area contributed by atoms with Gasteiger partial charge in [0, 0.05) is 11.6 Å². The van der Waals surface area contributed by atoms with Crippen molar-refractivity contribution in [1.82, 2.24) is 4.98 Å². The number of hydrogen-bond donors (Lipinski definition) is 1. The molecule has 0 fully saturated rings. The van der Waals surface area contributed by atoms with Crippen LogP contribution in [0.1, 0.15) is 16.8 Å². The van der Waals surface area contributed by atoms with Crippen molar-refractivity contribution >= 4 is 33.2 Å². The van der Waals surface area contributed by atoms with Crippen LogP contribution in [0.15, 0.2) is 34.9 Å². The summed E-state index contributed by atoms with van der Waals surface area (Å²) in [7, 11) is 0. The first-order valence-electron chi connectivity index (χ1n) is 5.68. The topological polar surface area (TPSA) is 24.9 Å². The Morgan fingerprint density at radius 1 is 1.22 bits per heavy atom. The molecule has 2 aromatic rings. The summed E-state index contributed by atoms with van der Waals surface area (Å²) in [5.41, 5.74) is 4.46. The monoisotopic (exact) mass is 324 g/mol. The molecular formula is C14H14BrClN2. The molecule has 94 valence electrons. The molecule has 0 spiro atoms. The van der Waals surface area contributed by atoms with E-state index in [1.807, 2.05) is 37.3 Å². The van der Waals surface area contributed by atoms with Gasteiger partial charge in [-0.05, 0) is 65.2 Å². The summed E-state index contributed by atoms with van der Waals surface area (Å²) in [6.45, 7) is 4.82. The number of aryl methyl sites for hydroxylation is 2. The minimum Gasteiger partial charge on any atom is -0.379 e. The molecule has 18 heavy (non-hydrogen) atoms. The smallest absolute Gasteiger partial charge is 0.106 e. The van der Waals surface area contributed by atoms with Crippen LogP contribution in [0.25, 0.3) is 0 Å². The van der Waals surface area contributed by atoms with E-state index in [0.29, 0.717) is 0 Å². The fourth-order valence-corrected chi connectivity index (χ4v) is 2.39. The Bertz CT molecular complexity index is 518. The summed E-state index contributed by atoms with van der Waals surface area (Å²) in [4.78, 5) is 4.36. The molecule has 1 aromatic carbocycles. The zero-order valence-electron chi connectivity index (χ0n) is 10.3. The summed E-state index contributed by atoms with van der Waals surface area (Å²) in [6, 6.07) is 9.90. The van der Waals surface area contributed by atoms with Crippen LogP contribution in [0.4, 0.5) is 5.69 Å². The third kappa shape index (κ3) is 3.24. The van der Waals surface area contributed by atoms with Gasteiger partial charge in [-0.1, -0.05) is 17.7 Å². The Hall–Kier alpha value is -1.06. The second-order valence-electron chi connectivity index (χ2n) is 4.19. The van der Waals surface area contributed by atoms with Crippen molar-refractivity contribution in [3.8, 4) is 0 Å². The molecule has 0 unspecified atom stereocenters. The predicted molar refractivity (Wildman–Crippen MR) is 80.2 cm³/mol. The maximum Gasteiger partial charge on any atom is 0.106 e. The molecule has 0 aliphatic heterocycles. The third-order valence-electron chi connectivity index (χ3n) is 2.83. The summed E-state index contributed by atoms with van der Waals surface area (Å²) in [5.74, 6) is 0. The van der Waals surface area contributed by atoms with E-state index in [4.69, 9.17) is 11.6 Å². The van der Waals surface area contributed by atoms with Crippen molar-refractivity contribution in [3.63, 3.8) is 0 Å². The van der Waals surface area contributed by atoms with E-state index in [9.17, 15) is 0 Å². The van der Waals surface area contributed by atoms with Gasteiger partial charge >= 0.3 is 0 Å². The molecule has 1 aromatic heterocycles. The second-order valence-corrected chi connectivity index (χ2v) is 5.44. The van der Waals surface area contributed by atoms with Gasteiger partial charge in [0.15, 0.2) is 0 Å². The molecule has 0 bridgehead atoms. The van der Waals surface area contributed by atoms with Crippen LogP contribution in [0, 0.1) is 13.8 Å². The summed E-state index contributed by atoms with van der Waals surface area (Å²) in [6.07, 6.45) is 0. The SMILES string of the molecule is Cc1cc(Cl)ccc1CNc1ccc(Br)nc1C. The lowest BCUT2D eigenvalue weighted by Crippen LogP contribution is -2.03. The summed E-state index contributed by atoms with van der Waals surface area (Å²) < 4.78 is 0.855. The standard InChI is InChI=1S/C14H14BrClN2/c1-9-7-12(16)4-3-11(9)8-17-13-5-6-14(15)18-10(13)2/h3-7,17H,8H2,1-2H3. The van der Waals surface area contributed by atoms with E-state index in [-0.39, 0.29) is 0 Å². The lowest BCUT2D eigenvalue weighted by Gasteiger charge is -2.11. The zero-order valence-corrected chi connectivity index (χ0v) is 12.6. The molecule has 2 nitrogen and oxygen atoms in total. The van der Waals surface area contributed by atoms with Gasteiger partial charge < -0.3 is 5.32 Å². The van der Waals surface area contributed by atoms with Gasteiger partial charge in [0.1, 0.15) is 4.60 Å². The molecule has 1 heterocycles. The average molecular weight is 326 g/mol. The maximum absolute atomic E-state index is 5.94. The number of nitrogens with zero attached hydrogens (tertiary/aromatic N) is 1. The Labute approximate surface area is 121 Å². The molecule has 2 rings (SSSR count). The van der Waals surface area contributed by atoms with E-state index < -0.39 is 0 Å². The number of pyridine rings is 1. The Balaban J connectivity index is 2.11. The number of nitrogens with one attached hydrogen (secondary N) is 1. The number of anilines is 1. The van der Waals surface area contributed by atoms with E-state index in [2.05, 4.69) is 33.2 Å². The van der Waals surface area contributed by atoms with E-state index in [1.165, 1.54) is 11.1 Å². The van der Waals surface area contributed by atoms with E-state index >= 15 is 0 Å². The number of hydrogen-bond acceptors (Lipinski definition) is 2. The Morgan fingerprint density at radius 3 is 2.67 bits per heavy atom. The summed E-state index contributed by atoms with van der Waals surface area (Å²) in [5, 5.41) is 4.17. The van der Waals surface area contributed by atoms with Crippen LogP contribution in [0.2, 0.25) is 5.02 Å². The number of rotatable bonds is 3.